The Morgan fingerprint density at radius 3 is 2.44 bits per heavy atom. The van der Waals surface area contributed by atoms with Crippen LogP contribution in [-0.4, -0.2) is 46.7 Å². The van der Waals surface area contributed by atoms with Crippen LogP contribution in [0, 0.1) is 0 Å². The van der Waals surface area contributed by atoms with E-state index < -0.39 is 10.0 Å². The monoisotopic (exact) mass is 386 g/mol. The minimum absolute atomic E-state index is 0.127. The van der Waals surface area contributed by atoms with Gasteiger partial charge in [-0.2, -0.15) is 9.29 Å². The largest absolute Gasteiger partial charge is 0.334 e. The first-order chi connectivity index (χ1) is 12.8. The minimum Gasteiger partial charge on any atom is -0.334 e. The highest BCUT2D eigenvalue weighted by Crippen LogP contribution is 2.24. The SMILES string of the molecule is CC(C)N(CCc1noc(-c2cncc(-c3ccccc3)c2)n1)S(C)(=O)=O. The van der Waals surface area contributed by atoms with Gasteiger partial charge in [0.05, 0.1) is 11.8 Å². The van der Waals surface area contributed by atoms with E-state index in [0.29, 0.717) is 24.7 Å². The van der Waals surface area contributed by atoms with Crippen molar-refractivity contribution < 1.29 is 12.9 Å². The summed E-state index contributed by atoms with van der Waals surface area (Å²) >= 11 is 0. The number of nitrogens with zero attached hydrogens (tertiary/aromatic N) is 4. The van der Waals surface area contributed by atoms with Gasteiger partial charge in [-0.25, -0.2) is 8.42 Å². The van der Waals surface area contributed by atoms with Gasteiger partial charge in [-0.05, 0) is 25.5 Å². The summed E-state index contributed by atoms with van der Waals surface area (Å²) < 4.78 is 30.5. The Bertz CT molecular complexity index is 1000. The molecule has 0 N–H and O–H groups in total. The lowest BCUT2D eigenvalue weighted by atomic mass is 10.1. The lowest BCUT2D eigenvalue weighted by Gasteiger charge is -2.23. The molecule has 1 aromatic carbocycles. The molecule has 0 aliphatic rings. The third kappa shape index (κ3) is 4.78. The lowest BCUT2D eigenvalue weighted by Crippen LogP contribution is -2.37. The zero-order valence-corrected chi connectivity index (χ0v) is 16.3. The van der Waals surface area contributed by atoms with Crippen molar-refractivity contribution in [3.05, 3.63) is 54.6 Å². The highest BCUT2D eigenvalue weighted by Gasteiger charge is 2.21. The molecule has 0 amide bonds. The molecule has 0 fully saturated rings. The van der Waals surface area contributed by atoms with Crippen molar-refractivity contribution in [1.29, 1.82) is 0 Å². The second-order valence-corrected chi connectivity index (χ2v) is 8.50. The molecule has 142 valence electrons. The maximum atomic E-state index is 11.8. The van der Waals surface area contributed by atoms with Crippen molar-refractivity contribution >= 4 is 10.0 Å². The van der Waals surface area contributed by atoms with E-state index in [1.54, 1.807) is 12.4 Å². The van der Waals surface area contributed by atoms with E-state index in [-0.39, 0.29) is 6.04 Å². The predicted octanol–water partition coefficient (Wildman–Crippen LogP) is 3.01. The standard InChI is InChI=1S/C19H22N4O3S/c1-14(2)23(27(3,24)25)10-9-18-21-19(26-22-18)17-11-16(12-20-13-17)15-7-5-4-6-8-15/h4-8,11-14H,9-10H2,1-3H3. The van der Waals surface area contributed by atoms with E-state index in [2.05, 4.69) is 15.1 Å². The van der Waals surface area contributed by atoms with Crippen LogP contribution in [0.5, 0.6) is 0 Å². The van der Waals surface area contributed by atoms with Crippen molar-refractivity contribution in [2.75, 3.05) is 12.8 Å². The fourth-order valence-electron chi connectivity index (χ4n) is 2.84. The quantitative estimate of drug-likeness (QED) is 0.620. The second kappa shape index (κ2) is 7.98. The molecule has 2 heterocycles. The van der Waals surface area contributed by atoms with E-state index >= 15 is 0 Å². The molecule has 27 heavy (non-hydrogen) atoms. The maximum Gasteiger partial charge on any atom is 0.259 e. The van der Waals surface area contributed by atoms with Gasteiger partial charge in [0, 0.05) is 37.0 Å². The summed E-state index contributed by atoms with van der Waals surface area (Å²) in [6.45, 7) is 3.98. The third-order valence-corrected chi connectivity index (χ3v) is 5.57. The summed E-state index contributed by atoms with van der Waals surface area (Å²) in [5.41, 5.74) is 2.72. The molecule has 3 aromatic rings. The van der Waals surface area contributed by atoms with Gasteiger partial charge in [0.2, 0.25) is 10.0 Å². The van der Waals surface area contributed by atoms with Crippen molar-refractivity contribution in [3.63, 3.8) is 0 Å². The molecule has 0 aliphatic carbocycles. The van der Waals surface area contributed by atoms with Crippen LogP contribution in [0.3, 0.4) is 0 Å². The first-order valence-electron chi connectivity index (χ1n) is 8.65. The normalized spacial score (nSPS) is 12.0. The fourth-order valence-corrected chi connectivity index (χ4v) is 4.02. The van der Waals surface area contributed by atoms with Crippen LogP contribution in [0.15, 0.2) is 53.3 Å². The van der Waals surface area contributed by atoms with E-state index in [1.807, 2.05) is 50.2 Å². The molecule has 0 aliphatic heterocycles. The van der Waals surface area contributed by atoms with Gasteiger partial charge in [-0.3, -0.25) is 4.98 Å². The van der Waals surface area contributed by atoms with Crippen molar-refractivity contribution in [1.82, 2.24) is 19.4 Å². The zero-order valence-electron chi connectivity index (χ0n) is 15.5. The van der Waals surface area contributed by atoms with Crippen molar-refractivity contribution in [3.8, 4) is 22.6 Å². The van der Waals surface area contributed by atoms with Crippen LogP contribution >= 0.6 is 0 Å². The Labute approximate surface area is 159 Å². The van der Waals surface area contributed by atoms with Gasteiger partial charge in [0.1, 0.15) is 0 Å². The highest BCUT2D eigenvalue weighted by atomic mass is 32.2. The minimum atomic E-state index is -3.28. The molecule has 0 atom stereocenters. The predicted molar refractivity (Wildman–Crippen MR) is 103 cm³/mol. The molecule has 8 heteroatoms. The molecule has 0 unspecified atom stereocenters. The van der Waals surface area contributed by atoms with Gasteiger partial charge >= 0.3 is 0 Å². The molecule has 0 saturated heterocycles. The van der Waals surface area contributed by atoms with Crippen molar-refractivity contribution in [2.24, 2.45) is 0 Å². The van der Waals surface area contributed by atoms with Crippen LogP contribution in [0.2, 0.25) is 0 Å². The second-order valence-electron chi connectivity index (χ2n) is 6.56. The topological polar surface area (TPSA) is 89.2 Å². The number of hydrogen-bond acceptors (Lipinski definition) is 6. The lowest BCUT2D eigenvalue weighted by molar-refractivity contribution is 0.353. The third-order valence-electron chi connectivity index (χ3n) is 4.12. The average molecular weight is 386 g/mol. The molecule has 0 radical (unpaired) electrons. The van der Waals surface area contributed by atoms with Crippen LogP contribution in [0.4, 0.5) is 0 Å². The number of hydrogen-bond donors (Lipinski definition) is 0. The molecular formula is C19H22N4O3S. The van der Waals surface area contributed by atoms with Gasteiger partial charge in [0.15, 0.2) is 5.82 Å². The van der Waals surface area contributed by atoms with E-state index in [1.165, 1.54) is 10.6 Å². The fraction of sp³-hybridized carbons (Fsp3) is 0.316. The Hall–Kier alpha value is -2.58. The molecule has 0 bridgehead atoms. The Balaban J connectivity index is 1.76. The average Bonchev–Trinajstić information content (AvgIpc) is 3.10. The summed E-state index contributed by atoms with van der Waals surface area (Å²) in [6, 6.07) is 11.7. The number of rotatable bonds is 7. The van der Waals surface area contributed by atoms with Crippen LogP contribution in [0.25, 0.3) is 22.6 Å². The summed E-state index contributed by atoms with van der Waals surface area (Å²) in [7, 11) is -3.28. The van der Waals surface area contributed by atoms with Gasteiger partial charge in [-0.15, -0.1) is 0 Å². The molecule has 0 saturated carbocycles. The smallest absolute Gasteiger partial charge is 0.259 e. The first-order valence-corrected chi connectivity index (χ1v) is 10.5. The molecule has 2 aromatic heterocycles. The Morgan fingerprint density at radius 1 is 1.07 bits per heavy atom. The molecule has 0 spiro atoms. The maximum absolute atomic E-state index is 11.8. The number of pyridine rings is 1. The van der Waals surface area contributed by atoms with Crippen LogP contribution in [0.1, 0.15) is 19.7 Å². The summed E-state index contributed by atoms with van der Waals surface area (Å²) in [4.78, 5) is 8.65. The summed E-state index contributed by atoms with van der Waals surface area (Å²) in [6.07, 6.45) is 5.03. The van der Waals surface area contributed by atoms with E-state index in [4.69, 9.17) is 4.52 Å². The summed E-state index contributed by atoms with van der Waals surface area (Å²) in [5.74, 6) is 0.829. The number of aromatic nitrogens is 3. The van der Waals surface area contributed by atoms with Gasteiger partial charge in [0.25, 0.3) is 5.89 Å². The van der Waals surface area contributed by atoms with E-state index in [9.17, 15) is 8.42 Å². The molecular weight excluding hydrogens is 364 g/mol. The Morgan fingerprint density at radius 2 is 1.78 bits per heavy atom. The zero-order chi connectivity index (χ0) is 19.4. The van der Waals surface area contributed by atoms with Crippen LogP contribution < -0.4 is 0 Å². The number of benzene rings is 1. The van der Waals surface area contributed by atoms with Crippen molar-refractivity contribution in [2.45, 2.75) is 26.3 Å². The summed E-state index contributed by atoms with van der Waals surface area (Å²) in [5, 5.41) is 3.97. The van der Waals surface area contributed by atoms with Gasteiger partial charge < -0.3 is 4.52 Å². The van der Waals surface area contributed by atoms with Gasteiger partial charge in [-0.1, -0.05) is 35.5 Å². The first kappa shape index (κ1) is 19.2. The Kier molecular flexibility index (Phi) is 5.67. The molecule has 7 nitrogen and oxygen atoms in total. The molecule has 3 rings (SSSR count). The van der Waals surface area contributed by atoms with E-state index in [0.717, 1.165) is 16.7 Å². The van der Waals surface area contributed by atoms with Crippen LogP contribution in [-0.2, 0) is 16.4 Å². The number of sulfonamides is 1. The highest BCUT2D eigenvalue weighted by molar-refractivity contribution is 7.88.